The van der Waals surface area contributed by atoms with Gasteiger partial charge in [-0.1, -0.05) is 49.4 Å². The van der Waals surface area contributed by atoms with Crippen molar-refractivity contribution in [2.24, 2.45) is 5.92 Å². The minimum absolute atomic E-state index is 0.0695. The predicted molar refractivity (Wildman–Crippen MR) is 198 cm³/mol. The molecule has 12 heteroatoms. The van der Waals surface area contributed by atoms with Crippen molar-refractivity contribution >= 4 is 34.5 Å². The van der Waals surface area contributed by atoms with Crippen LogP contribution in [-0.2, 0) is 20.6 Å². The maximum atomic E-state index is 13.5. The van der Waals surface area contributed by atoms with Gasteiger partial charge in [-0.2, -0.15) is 4.98 Å². The van der Waals surface area contributed by atoms with E-state index < -0.39 is 11.4 Å². The zero-order valence-electron chi connectivity index (χ0n) is 30.4. The summed E-state index contributed by atoms with van der Waals surface area (Å²) in [5.74, 6) is -0.497. The molecule has 2 aromatic carbocycles. The summed E-state index contributed by atoms with van der Waals surface area (Å²) in [6, 6.07) is 16.4. The quantitative estimate of drug-likeness (QED) is 0.148. The van der Waals surface area contributed by atoms with E-state index in [4.69, 9.17) is 31.5 Å². The molecular formula is C39H50ClFN6O4. The molecule has 0 spiro atoms. The Bertz CT molecular complexity index is 1810. The molecule has 1 aliphatic heterocycles. The van der Waals surface area contributed by atoms with Crippen molar-refractivity contribution in [3.05, 3.63) is 77.5 Å². The van der Waals surface area contributed by atoms with Crippen LogP contribution in [0.25, 0.3) is 22.2 Å². The standard InChI is InChI=1S/C39H50ClFN6O4/c1-7-45(19-11-20-46(37(48)51-38(2,3)4)21-18-25-14-16-28(41)17-15-25)23-27-22-30(33-32(27)49-39(5,6)50-33)47-24-29(26-12-9-8-10-13-26)31-34(42)43-36(40)44-35(31)47/h8-10,12-17,24,27,30,32-33H,7,11,18-23H2,1-6H3,(H2,42,43,44)/t27?,30-,32-,33+/m1/s1. The van der Waals surface area contributed by atoms with E-state index in [0.29, 0.717) is 31.0 Å². The molecule has 2 aromatic heterocycles. The highest BCUT2D eigenvalue weighted by atomic mass is 35.5. The smallest absolute Gasteiger partial charge is 0.410 e. The van der Waals surface area contributed by atoms with Gasteiger partial charge in [-0.25, -0.2) is 14.2 Å². The van der Waals surface area contributed by atoms with E-state index >= 15 is 0 Å². The van der Waals surface area contributed by atoms with Crippen molar-refractivity contribution in [2.45, 2.75) is 90.4 Å². The second-order valence-corrected chi connectivity index (χ2v) is 15.4. The predicted octanol–water partition coefficient (Wildman–Crippen LogP) is 7.75. The second-order valence-electron chi connectivity index (χ2n) is 15.1. The average Bonchev–Trinajstić information content (AvgIpc) is 3.70. The van der Waals surface area contributed by atoms with Crippen LogP contribution in [0.1, 0.15) is 66.0 Å². The Morgan fingerprint density at radius 2 is 1.76 bits per heavy atom. The van der Waals surface area contributed by atoms with Crippen LogP contribution in [0, 0.1) is 11.7 Å². The van der Waals surface area contributed by atoms with Gasteiger partial charge >= 0.3 is 6.09 Å². The minimum atomic E-state index is -0.737. The summed E-state index contributed by atoms with van der Waals surface area (Å²) in [5, 5.41) is 0.872. The van der Waals surface area contributed by atoms with Crippen molar-refractivity contribution in [2.75, 3.05) is 38.5 Å². The van der Waals surface area contributed by atoms with Crippen molar-refractivity contribution in [1.29, 1.82) is 0 Å². The Labute approximate surface area is 305 Å². The Morgan fingerprint density at radius 1 is 1.06 bits per heavy atom. The second kappa shape index (κ2) is 15.1. The van der Waals surface area contributed by atoms with Gasteiger partial charge in [-0.15, -0.1) is 0 Å². The lowest BCUT2D eigenvalue weighted by atomic mass is 10.0. The van der Waals surface area contributed by atoms with E-state index in [2.05, 4.69) is 44.7 Å². The third-order valence-corrected chi connectivity index (χ3v) is 9.91. The Kier molecular flexibility index (Phi) is 10.9. The first-order valence-electron chi connectivity index (χ1n) is 17.9. The number of nitrogens with zero attached hydrogens (tertiary/aromatic N) is 5. The molecule has 4 aromatic rings. The lowest BCUT2D eigenvalue weighted by molar-refractivity contribution is -0.160. The lowest BCUT2D eigenvalue weighted by Crippen LogP contribution is -2.40. The van der Waals surface area contributed by atoms with Gasteiger partial charge in [0.1, 0.15) is 29.0 Å². The molecule has 2 N–H and O–H groups in total. The molecule has 51 heavy (non-hydrogen) atoms. The fourth-order valence-electron chi connectivity index (χ4n) is 7.48. The topological polar surface area (TPSA) is 108 Å². The van der Waals surface area contributed by atoms with Crippen LogP contribution in [-0.4, -0.2) is 86.7 Å². The number of ether oxygens (including phenoxy) is 3. The van der Waals surface area contributed by atoms with Gasteiger partial charge in [0.25, 0.3) is 0 Å². The maximum absolute atomic E-state index is 13.5. The van der Waals surface area contributed by atoms with Crippen LogP contribution < -0.4 is 5.73 Å². The summed E-state index contributed by atoms with van der Waals surface area (Å²) >= 11 is 6.38. The van der Waals surface area contributed by atoms with Gasteiger partial charge in [0.15, 0.2) is 5.79 Å². The SMILES string of the molecule is CCN(CCCN(CCc1ccc(F)cc1)C(=O)OC(C)(C)C)CC1C[C@@H](n2cc(-c3ccccc3)c3c(N)nc(Cl)nc32)[C@@H]2OC(C)(C)O[C@H]12. The summed E-state index contributed by atoms with van der Waals surface area (Å²) < 4.78 is 34.6. The van der Waals surface area contributed by atoms with E-state index in [1.165, 1.54) is 12.1 Å². The number of hydrogen-bond acceptors (Lipinski definition) is 8. The number of amides is 1. The summed E-state index contributed by atoms with van der Waals surface area (Å²) in [6.07, 6.45) is 3.62. The summed E-state index contributed by atoms with van der Waals surface area (Å²) in [5.41, 5.74) is 9.48. The molecule has 10 nitrogen and oxygen atoms in total. The first kappa shape index (κ1) is 37.0. The number of nitrogens with two attached hydrogens (primary N) is 1. The Morgan fingerprint density at radius 3 is 2.45 bits per heavy atom. The fraction of sp³-hybridized carbons (Fsp3) is 0.513. The fourth-order valence-corrected chi connectivity index (χ4v) is 7.65. The molecule has 2 fully saturated rings. The lowest BCUT2D eigenvalue weighted by Gasteiger charge is -2.30. The number of nitrogen functional groups attached to an aromatic ring is 1. The van der Waals surface area contributed by atoms with E-state index in [1.807, 2.05) is 52.8 Å². The molecule has 1 unspecified atom stereocenters. The van der Waals surface area contributed by atoms with Gasteiger partial charge in [-0.3, -0.25) is 0 Å². The van der Waals surface area contributed by atoms with E-state index in [-0.39, 0.29) is 41.4 Å². The van der Waals surface area contributed by atoms with Gasteiger partial charge in [-0.05, 0) is 102 Å². The van der Waals surface area contributed by atoms with E-state index in [1.54, 1.807) is 17.0 Å². The molecule has 4 atom stereocenters. The molecule has 0 bridgehead atoms. The Hall–Kier alpha value is -3.77. The van der Waals surface area contributed by atoms with Gasteiger partial charge in [0, 0.05) is 37.3 Å². The largest absolute Gasteiger partial charge is 0.444 e. The highest BCUT2D eigenvalue weighted by Gasteiger charge is 2.55. The number of anilines is 1. The third-order valence-electron chi connectivity index (χ3n) is 9.74. The maximum Gasteiger partial charge on any atom is 0.410 e. The van der Waals surface area contributed by atoms with E-state index in [9.17, 15) is 9.18 Å². The van der Waals surface area contributed by atoms with Crippen LogP contribution in [0.3, 0.4) is 0 Å². The van der Waals surface area contributed by atoms with Crippen LogP contribution in [0.2, 0.25) is 5.28 Å². The zero-order chi connectivity index (χ0) is 36.5. The highest BCUT2D eigenvalue weighted by Crippen LogP contribution is 2.49. The van der Waals surface area contributed by atoms with Gasteiger partial charge < -0.3 is 34.3 Å². The van der Waals surface area contributed by atoms with Gasteiger partial charge in [0.2, 0.25) is 5.28 Å². The normalized spacial score (nSPS) is 21.4. The number of hydrogen-bond donors (Lipinski definition) is 1. The number of carbonyl (C=O) groups excluding carboxylic acids is 1. The van der Waals surface area contributed by atoms with Crippen molar-refractivity contribution in [3.63, 3.8) is 0 Å². The number of halogens is 2. The van der Waals surface area contributed by atoms with Crippen LogP contribution >= 0.6 is 11.6 Å². The first-order valence-corrected chi connectivity index (χ1v) is 18.3. The number of benzene rings is 2. The first-order chi connectivity index (χ1) is 24.2. The highest BCUT2D eigenvalue weighted by molar-refractivity contribution is 6.29. The van der Waals surface area contributed by atoms with Crippen molar-refractivity contribution in [1.82, 2.24) is 24.3 Å². The number of rotatable bonds is 12. The Balaban J connectivity index is 1.18. The molecular weight excluding hydrogens is 671 g/mol. The molecule has 1 saturated heterocycles. The molecule has 1 aliphatic carbocycles. The molecule has 2 aliphatic rings. The van der Waals surface area contributed by atoms with E-state index in [0.717, 1.165) is 54.6 Å². The molecule has 1 amide bonds. The molecule has 6 rings (SSSR count). The summed E-state index contributed by atoms with van der Waals surface area (Å²) in [7, 11) is 0. The summed E-state index contributed by atoms with van der Waals surface area (Å²) in [4.78, 5) is 26.4. The number of fused-ring (bicyclic) bond motifs is 2. The van der Waals surface area contributed by atoms with Crippen molar-refractivity contribution < 1.29 is 23.4 Å². The average molecular weight is 721 g/mol. The monoisotopic (exact) mass is 720 g/mol. The number of carbonyl (C=O) groups is 1. The van der Waals surface area contributed by atoms with Crippen LogP contribution in [0.5, 0.6) is 0 Å². The van der Waals surface area contributed by atoms with Gasteiger partial charge in [0.05, 0.1) is 17.5 Å². The third kappa shape index (κ3) is 8.65. The van der Waals surface area contributed by atoms with Crippen LogP contribution in [0.15, 0.2) is 60.8 Å². The summed E-state index contributed by atoms with van der Waals surface area (Å²) in [6.45, 7) is 15.2. The zero-order valence-corrected chi connectivity index (χ0v) is 31.2. The van der Waals surface area contributed by atoms with Crippen LogP contribution in [0.4, 0.5) is 15.0 Å². The molecule has 0 radical (unpaired) electrons. The molecule has 274 valence electrons. The number of aromatic nitrogens is 3. The molecule has 1 saturated carbocycles. The molecule has 3 heterocycles. The van der Waals surface area contributed by atoms with Crippen molar-refractivity contribution in [3.8, 4) is 11.1 Å². The minimum Gasteiger partial charge on any atom is -0.444 e.